The van der Waals surface area contributed by atoms with Crippen LogP contribution in [0.2, 0.25) is 0 Å². The summed E-state index contributed by atoms with van der Waals surface area (Å²) in [6.07, 6.45) is 0.131. The second kappa shape index (κ2) is 10.4. The number of hydrogen-bond donors (Lipinski definition) is 1. The first-order chi connectivity index (χ1) is 15.6. The molecule has 0 aliphatic carbocycles. The molecule has 1 fully saturated rings. The van der Waals surface area contributed by atoms with Crippen LogP contribution in [0.1, 0.15) is 21.7 Å². The van der Waals surface area contributed by atoms with Gasteiger partial charge in [0.05, 0.1) is 23.1 Å². The summed E-state index contributed by atoms with van der Waals surface area (Å²) in [5.41, 5.74) is 8.53. The predicted molar refractivity (Wildman–Crippen MR) is 128 cm³/mol. The van der Waals surface area contributed by atoms with Crippen molar-refractivity contribution in [2.24, 2.45) is 5.73 Å². The molecule has 6 nitrogen and oxygen atoms in total. The Morgan fingerprint density at radius 3 is 2.31 bits per heavy atom. The first-order valence-corrected chi connectivity index (χ1v) is 11.6. The van der Waals surface area contributed by atoms with Crippen LogP contribution in [-0.4, -0.2) is 49.6 Å². The molecule has 0 unspecified atom stereocenters. The topological polar surface area (TPSA) is 75.9 Å². The van der Waals surface area contributed by atoms with Crippen LogP contribution < -0.4 is 10.6 Å². The van der Waals surface area contributed by atoms with E-state index in [2.05, 4.69) is 17.0 Å². The lowest BCUT2D eigenvalue weighted by Gasteiger charge is -2.28. The van der Waals surface area contributed by atoms with E-state index in [-0.39, 0.29) is 18.9 Å². The molecule has 1 aromatic heterocycles. The second-order valence-electron chi connectivity index (χ2n) is 7.72. The largest absolute Gasteiger partial charge is 0.378 e. The number of ether oxygens (including phenoxy) is 1. The molecule has 2 heterocycles. The van der Waals surface area contributed by atoms with Crippen LogP contribution in [0.5, 0.6) is 0 Å². The molecule has 0 radical (unpaired) electrons. The van der Waals surface area contributed by atoms with Crippen molar-refractivity contribution in [3.8, 4) is 11.1 Å². The number of carbonyl (C=O) groups excluding carboxylic acids is 2. The molecule has 0 bridgehead atoms. The normalized spacial score (nSPS) is 13.7. The fourth-order valence-electron chi connectivity index (χ4n) is 3.77. The minimum absolute atomic E-state index is 0.0863. The van der Waals surface area contributed by atoms with Gasteiger partial charge in [-0.3, -0.25) is 9.59 Å². The average molecular weight is 450 g/mol. The number of nitrogens with two attached hydrogens (primary N) is 1. The maximum atomic E-state index is 13.6. The molecular weight excluding hydrogens is 422 g/mol. The lowest BCUT2D eigenvalue weighted by molar-refractivity contribution is -0.118. The number of thiophene rings is 1. The second-order valence-corrected chi connectivity index (χ2v) is 8.75. The zero-order valence-corrected chi connectivity index (χ0v) is 18.7. The number of hydrogen-bond acceptors (Lipinski definition) is 5. The van der Waals surface area contributed by atoms with Gasteiger partial charge in [0, 0.05) is 38.2 Å². The number of primary amides is 1. The zero-order valence-electron chi connectivity index (χ0n) is 17.9. The van der Waals surface area contributed by atoms with Crippen LogP contribution in [0.25, 0.3) is 11.1 Å². The molecule has 0 spiro atoms. The molecule has 32 heavy (non-hydrogen) atoms. The van der Waals surface area contributed by atoms with Crippen LogP contribution in [0.3, 0.4) is 0 Å². The Labute approximate surface area is 192 Å². The summed E-state index contributed by atoms with van der Waals surface area (Å²) < 4.78 is 5.52. The van der Waals surface area contributed by atoms with Gasteiger partial charge in [-0.05, 0) is 17.2 Å². The lowest BCUT2D eigenvalue weighted by atomic mass is 10.1. The Morgan fingerprint density at radius 2 is 1.66 bits per heavy atom. The summed E-state index contributed by atoms with van der Waals surface area (Å²) in [5, 5.41) is 1.08. The Balaban J connectivity index is 1.66. The zero-order chi connectivity index (χ0) is 22.3. The van der Waals surface area contributed by atoms with Gasteiger partial charge in [-0.2, -0.15) is 0 Å². The van der Waals surface area contributed by atoms with Crippen molar-refractivity contribution in [3.63, 3.8) is 0 Å². The summed E-state index contributed by atoms with van der Waals surface area (Å²) in [7, 11) is 0. The van der Waals surface area contributed by atoms with E-state index in [1.54, 1.807) is 4.90 Å². The molecular formula is C25H27N3O3S. The van der Waals surface area contributed by atoms with Gasteiger partial charge in [-0.1, -0.05) is 60.7 Å². The number of benzene rings is 2. The van der Waals surface area contributed by atoms with Crippen molar-refractivity contribution in [1.29, 1.82) is 0 Å². The van der Waals surface area contributed by atoms with Gasteiger partial charge in [0.1, 0.15) is 0 Å². The highest BCUT2D eigenvalue weighted by molar-refractivity contribution is 7.18. The van der Waals surface area contributed by atoms with Gasteiger partial charge in [0.25, 0.3) is 5.91 Å². The molecule has 3 aromatic rings. The summed E-state index contributed by atoms with van der Waals surface area (Å²) in [6.45, 7) is 3.65. The van der Waals surface area contributed by atoms with E-state index in [9.17, 15) is 9.59 Å². The molecule has 0 saturated carbocycles. The van der Waals surface area contributed by atoms with Gasteiger partial charge in [-0.25, -0.2) is 0 Å². The van der Waals surface area contributed by atoms with Gasteiger partial charge in [0.15, 0.2) is 0 Å². The number of rotatable bonds is 8. The Hall–Kier alpha value is -3.16. The highest BCUT2D eigenvalue weighted by atomic mass is 32.1. The standard InChI is InChI=1S/C25H27N3O3S/c26-23(29)11-12-28(18-19-7-3-1-4-8-19)24(30)22-17-21(20-9-5-2-6-10-20)25(32-22)27-13-15-31-16-14-27/h1-10,17H,11-16,18H2,(H2,26,29). The maximum absolute atomic E-state index is 13.6. The molecule has 0 atom stereocenters. The molecule has 2 aromatic carbocycles. The van der Waals surface area contributed by atoms with Gasteiger partial charge in [0.2, 0.25) is 5.91 Å². The Morgan fingerprint density at radius 1 is 1.00 bits per heavy atom. The SMILES string of the molecule is NC(=O)CCN(Cc1ccccc1)C(=O)c1cc(-c2ccccc2)c(N2CCOCC2)s1. The number of anilines is 1. The van der Waals surface area contributed by atoms with Crippen molar-refractivity contribution in [2.45, 2.75) is 13.0 Å². The van der Waals surface area contributed by atoms with E-state index < -0.39 is 5.91 Å². The molecule has 2 amide bonds. The minimum Gasteiger partial charge on any atom is -0.378 e. The molecule has 2 N–H and O–H groups in total. The first-order valence-electron chi connectivity index (χ1n) is 10.8. The molecule has 1 aliphatic heterocycles. The third-order valence-electron chi connectivity index (χ3n) is 5.44. The third kappa shape index (κ3) is 5.36. The molecule has 1 saturated heterocycles. The van der Waals surface area contributed by atoms with Crippen LogP contribution in [-0.2, 0) is 16.1 Å². The van der Waals surface area contributed by atoms with Crippen molar-refractivity contribution in [3.05, 3.63) is 77.2 Å². The highest BCUT2D eigenvalue weighted by Crippen LogP contribution is 2.40. The molecule has 166 valence electrons. The minimum atomic E-state index is -0.416. The maximum Gasteiger partial charge on any atom is 0.264 e. The monoisotopic (exact) mass is 449 g/mol. The Kier molecular flexibility index (Phi) is 7.19. The van der Waals surface area contributed by atoms with Gasteiger partial charge in [-0.15, -0.1) is 11.3 Å². The molecule has 7 heteroatoms. The van der Waals surface area contributed by atoms with E-state index in [1.807, 2.05) is 54.6 Å². The van der Waals surface area contributed by atoms with E-state index in [0.717, 1.165) is 34.8 Å². The predicted octanol–water partition coefficient (Wildman–Crippen LogP) is 3.77. The van der Waals surface area contributed by atoms with E-state index in [0.29, 0.717) is 24.6 Å². The highest BCUT2D eigenvalue weighted by Gasteiger charge is 2.25. The first kappa shape index (κ1) is 22.0. The van der Waals surface area contributed by atoms with Gasteiger partial charge >= 0.3 is 0 Å². The summed E-state index contributed by atoms with van der Waals surface area (Å²) >= 11 is 1.51. The fraction of sp³-hybridized carbons (Fsp3) is 0.280. The van der Waals surface area contributed by atoms with Crippen LogP contribution in [0.15, 0.2) is 66.7 Å². The van der Waals surface area contributed by atoms with Crippen molar-refractivity contribution < 1.29 is 14.3 Å². The van der Waals surface area contributed by atoms with Gasteiger partial charge < -0.3 is 20.3 Å². The lowest BCUT2D eigenvalue weighted by Crippen LogP contribution is -2.36. The van der Waals surface area contributed by atoms with Crippen LogP contribution in [0.4, 0.5) is 5.00 Å². The summed E-state index contributed by atoms with van der Waals surface area (Å²) in [5.74, 6) is -0.502. The quantitative estimate of drug-likeness (QED) is 0.568. The number of morpholine rings is 1. The van der Waals surface area contributed by atoms with Crippen molar-refractivity contribution >= 4 is 28.2 Å². The Bertz CT molecular complexity index is 1050. The summed E-state index contributed by atoms with van der Waals surface area (Å²) in [6, 6.07) is 21.9. The fourth-order valence-corrected chi connectivity index (χ4v) is 4.97. The smallest absolute Gasteiger partial charge is 0.264 e. The number of nitrogens with zero attached hydrogens (tertiary/aromatic N) is 2. The van der Waals surface area contributed by atoms with E-state index in [1.165, 1.54) is 11.3 Å². The van der Waals surface area contributed by atoms with Crippen LogP contribution in [0, 0.1) is 0 Å². The van der Waals surface area contributed by atoms with E-state index >= 15 is 0 Å². The third-order valence-corrected chi connectivity index (χ3v) is 6.62. The van der Waals surface area contributed by atoms with Crippen LogP contribution >= 0.6 is 11.3 Å². The molecule has 4 rings (SSSR count). The number of amides is 2. The van der Waals surface area contributed by atoms with E-state index in [4.69, 9.17) is 10.5 Å². The number of carbonyl (C=O) groups is 2. The molecule has 1 aliphatic rings. The van der Waals surface area contributed by atoms with Crippen molar-refractivity contribution in [2.75, 3.05) is 37.7 Å². The van der Waals surface area contributed by atoms with Crippen molar-refractivity contribution in [1.82, 2.24) is 4.90 Å². The summed E-state index contributed by atoms with van der Waals surface area (Å²) in [4.78, 5) is 29.7. The average Bonchev–Trinajstić information content (AvgIpc) is 3.28.